The first-order valence-corrected chi connectivity index (χ1v) is 7.51. The average Bonchev–Trinajstić information content (AvgIpc) is 3.36. The Hall–Kier alpha value is -2.96. The molecule has 0 saturated heterocycles. The molecule has 1 aliphatic rings. The minimum Gasteiger partial charge on any atom is -0.367 e. The van der Waals surface area contributed by atoms with E-state index in [1.165, 1.54) is 0 Å². The van der Waals surface area contributed by atoms with E-state index in [1.807, 2.05) is 12.1 Å². The van der Waals surface area contributed by atoms with Gasteiger partial charge in [0.25, 0.3) is 5.56 Å². The SMILES string of the molecule is Cn1ccc2cc(Nc3cnccn3)nc(NC3CC3)c2c1=O. The number of hydrogen-bond donors (Lipinski definition) is 2. The Morgan fingerprint density at radius 3 is 2.87 bits per heavy atom. The second kappa shape index (κ2) is 5.35. The van der Waals surface area contributed by atoms with Crippen LogP contribution in [0, 0.1) is 0 Å². The molecular weight excluding hydrogens is 292 g/mol. The summed E-state index contributed by atoms with van der Waals surface area (Å²) in [5.41, 5.74) is -0.0517. The predicted molar refractivity (Wildman–Crippen MR) is 88.9 cm³/mol. The van der Waals surface area contributed by atoms with Crippen LogP contribution < -0.4 is 16.2 Å². The molecule has 7 heteroatoms. The molecule has 1 saturated carbocycles. The summed E-state index contributed by atoms with van der Waals surface area (Å²) < 4.78 is 1.57. The minimum atomic E-state index is -0.0517. The molecule has 0 spiro atoms. The van der Waals surface area contributed by atoms with Gasteiger partial charge in [0.1, 0.15) is 17.5 Å². The van der Waals surface area contributed by atoms with Crippen molar-refractivity contribution in [2.45, 2.75) is 18.9 Å². The number of anilines is 3. The number of nitrogens with one attached hydrogen (secondary N) is 2. The van der Waals surface area contributed by atoms with E-state index >= 15 is 0 Å². The molecule has 116 valence electrons. The van der Waals surface area contributed by atoms with E-state index in [-0.39, 0.29) is 5.56 Å². The van der Waals surface area contributed by atoms with Crippen LogP contribution in [0.2, 0.25) is 0 Å². The fraction of sp³-hybridized carbons (Fsp3) is 0.250. The van der Waals surface area contributed by atoms with E-state index < -0.39 is 0 Å². The Balaban J connectivity index is 1.83. The Morgan fingerprint density at radius 1 is 1.26 bits per heavy atom. The third-order valence-electron chi connectivity index (χ3n) is 3.80. The summed E-state index contributed by atoms with van der Waals surface area (Å²) in [4.78, 5) is 25.3. The number of aryl methyl sites for hydroxylation is 1. The molecule has 0 unspecified atom stereocenters. The molecule has 0 radical (unpaired) electrons. The highest BCUT2D eigenvalue weighted by Gasteiger charge is 2.23. The lowest BCUT2D eigenvalue weighted by atomic mass is 10.2. The van der Waals surface area contributed by atoms with Crippen LogP contribution in [-0.4, -0.2) is 25.6 Å². The first-order chi connectivity index (χ1) is 11.2. The van der Waals surface area contributed by atoms with E-state index in [4.69, 9.17) is 0 Å². The fourth-order valence-corrected chi connectivity index (χ4v) is 2.44. The maximum absolute atomic E-state index is 12.5. The summed E-state index contributed by atoms with van der Waals surface area (Å²) in [6, 6.07) is 4.17. The van der Waals surface area contributed by atoms with Crippen molar-refractivity contribution < 1.29 is 0 Å². The first kappa shape index (κ1) is 13.7. The van der Waals surface area contributed by atoms with Gasteiger partial charge in [0, 0.05) is 31.7 Å². The van der Waals surface area contributed by atoms with Gasteiger partial charge in [-0.25, -0.2) is 9.97 Å². The van der Waals surface area contributed by atoms with Crippen LogP contribution in [0.1, 0.15) is 12.8 Å². The first-order valence-electron chi connectivity index (χ1n) is 7.51. The molecule has 2 N–H and O–H groups in total. The third-order valence-corrected chi connectivity index (χ3v) is 3.80. The zero-order chi connectivity index (χ0) is 15.8. The van der Waals surface area contributed by atoms with Crippen molar-refractivity contribution in [1.29, 1.82) is 0 Å². The van der Waals surface area contributed by atoms with Crippen LogP contribution in [0.4, 0.5) is 17.5 Å². The van der Waals surface area contributed by atoms with E-state index in [0.29, 0.717) is 28.9 Å². The van der Waals surface area contributed by atoms with Crippen LogP contribution >= 0.6 is 0 Å². The molecule has 23 heavy (non-hydrogen) atoms. The normalized spacial score (nSPS) is 14.0. The van der Waals surface area contributed by atoms with E-state index in [9.17, 15) is 4.79 Å². The molecule has 0 aliphatic heterocycles. The van der Waals surface area contributed by atoms with Gasteiger partial charge < -0.3 is 15.2 Å². The lowest BCUT2D eigenvalue weighted by Gasteiger charge is -2.12. The van der Waals surface area contributed by atoms with Gasteiger partial charge in [0.2, 0.25) is 0 Å². The van der Waals surface area contributed by atoms with Crippen LogP contribution in [0.5, 0.6) is 0 Å². The monoisotopic (exact) mass is 308 g/mol. The van der Waals surface area contributed by atoms with Crippen molar-refractivity contribution in [1.82, 2.24) is 19.5 Å². The maximum Gasteiger partial charge on any atom is 0.261 e. The highest BCUT2D eigenvalue weighted by atomic mass is 16.1. The number of nitrogens with zero attached hydrogens (tertiary/aromatic N) is 4. The number of fused-ring (bicyclic) bond motifs is 1. The summed E-state index contributed by atoms with van der Waals surface area (Å²) in [7, 11) is 1.74. The van der Waals surface area contributed by atoms with Crippen molar-refractivity contribution in [2.24, 2.45) is 7.05 Å². The summed E-state index contributed by atoms with van der Waals surface area (Å²) >= 11 is 0. The van der Waals surface area contributed by atoms with Crippen LogP contribution in [0.15, 0.2) is 41.7 Å². The quantitative estimate of drug-likeness (QED) is 0.767. The number of pyridine rings is 2. The standard InChI is InChI=1S/C16H16N6O/c1-22-7-4-10-8-12(20-13-9-17-5-6-18-13)21-15(14(10)16(22)23)19-11-2-3-11/h4-9,11H,2-3H2,1H3,(H2,18,19,20,21). The molecule has 3 aromatic rings. The summed E-state index contributed by atoms with van der Waals surface area (Å²) in [6.45, 7) is 0. The van der Waals surface area contributed by atoms with Gasteiger partial charge in [0.05, 0.1) is 11.6 Å². The molecule has 0 aromatic carbocycles. The third kappa shape index (κ3) is 2.73. The van der Waals surface area contributed by atoms with Crippen LogP contribution in [-0.2, 0) is 7.05 Å². The van der Waals surface area contributed by atoms with Gasteiger partial charge in [-0.3, -0.25) is 9.78 Å². The lowest BCUT2D eigenvalue weighted by Crippen LogP contribution is -2.18. The Morgan fingerprint density at radius 2 is 2.13 bits per heavy atom. The van der Waals surface area contributed by atoms with Gasteiger partial charge >= 0.3 is 0 Å². The number of rotatable bonds is 4. The average molecular weight is 308 g/mol. The van der Waals surface area contributed by atoms with Crippen molar-refractivity contribution in [3.63, 3.8) is 0 Å². The zero-order valence-electron chi connectivity index (χ0n) is 12.7. The van der Waals surface area contributed by atoms with Crippen molar-refractivity contribution in [2.75, 3.05) is 10.6 Å². The van der Waals surface area contributed by atoms with Crippen molar-refractivity contribution >= 4 is 28.2 Å². The van der Waals surface area contributed by atoms with Gasteiger partial charge in [-0.15, -0.1) is 0 Å². The van der Waals surface area contributed by atoms with E-state index in [0.717, 1.165) is 18.2 Å². The van der Waals surface area contributed by atoms with Gasteiger partial charge in [-0.05, 0) is 30.4 Å². The second-order valence-electron chi connectivity index (χ2n) is 5.69. The molecule has 4 rings (SSSR count). The van der Waals surface area contributed by atoms with Gasteiger partial charge in [-0.1, -0.05) is 0 Å². The van der Waals surface area contributed by atoms with Crippen LogP contribution in [0.25, 0.3) is 10.8 Å². The second-order valence-corrected chi connectivity index (χ2v) is 5.69. The molecule has 1 aliphatic carbocycles. The summed E-state index contributed by atoms with van der Waals surface area (Å²) in [5.74, 6) is 1.87. The molecule has 0 amide bonds. The van der Waals surface area contributed by atoms with Crippen molar-refractivity contribution in [3.05, 3.63) is 47.3 Å². The fourth-order valence-electron chi connectivity index (χ4n) is 2.44. The van der Waals surface area contributed by atoms with Gasteiger partial charge in [-0.2, -0.15) is 0 Å². The largest absolute Gasteiger partial charge is 0.367 e. The lowest BCUT2D eigenvalue weighted by molar-refractivity contribution is 0.872. The van der Waals surface area contributed by atoms with Gasteiger partial charge in [0.15, 0.2) is 0 Å². The molecule has 3 heterocycles. The van der Waals surface area contributed by atoms with E-state index in [1.54, 1.807) is 36.4 Å². The van der Waals surface area contributed by atoms with Crippen LogP contribution in [0.3, 0.4) is 0 Å². The minimum absolute atomic E-state index is 0.0517. The number of aromatic nitrogens is 4. The zero-order valence-corrected chi connectivity index (χ0v) is 12.7. The maximum atomic E-state index is 12.5. The summed E-state index contributed by atoms with van der Waals surface area (Å²) in [5, 5.41) is 7.95. The Bertz CT molecular complexity index is 917. The highest BCUT2D eigenvalue weighted by Crippen LogP contribution is 2.29. The Labute approximate surface area is 132 Å². The highest BCUT2D eigenvalue weighted by molar-refractivity contribution is 5.93. The number of hydrogen-bond acceptors (Lipinski definition) is 6. The van der Waals surface area contributed by atoms with E-state index in [2.05, 4.69) is 25.6 Å². The smallest absolute Gasteiger partial charge is 0.261 e. The Kier molecular flexibility index (Phi) is 3.18. The molecule has 0 atom stereocenters. The molecule has 3 aromatic heterocycles. The summed E-state index contributed by atoms with van der Waals surface area (Å²) in [6.07, 6.45) is 8.84. The molecule has 7 nitrogen and oxygen atoms in total. The molecule has 1 fully saturated rings. The van der Waals surface area contributed by atoms with Crippen molar-refractivity contribution in [3.8, 4) is 0 Å². The molecule has 0 bridgehead atoms. The molecular formula is C16H16N6O. The predicted octanol–water partition coefficient (Wildman–Crippen LogP) is 2.04. The topological polar surface area (TPSA) is 84.7 Å².